The van der Waals surface area contributed by atoms with Gasteiger partial charge in [-0.05, 0) is 36.1 Å². The second kappa shape index (κ2) is 4.83. The van der Waals surface area contributed by atoms with Crippen LogP contribution in [0.15, 0.2) is 48.5 Å². The molecule has 0 aliphatic rings. The van der Waals surface area contributed by atoms with E-state index in [0.717, 1.165) is 12.0 Å². The largest absolute Gasteiger partial charge is 0.366 e. The van der Waals surface area contributed by atoms with Gasteiger partial charge in [-0.1, -0.05) is 42.5 Å². The molecule has 0 fully saturated rings. The summed E-state index contributed by atoms with van der Waals surface area (Å²) in [5, 5.41) is 0. The van der Waals surface area contributed by atoms with E-state index in [9.17, 15) is 4.79 Å². The normalized spacial score (nSPS) is 10.2. The fourth-order valence-corrected chi connectivity index (χ4v) is 1.93. The Balaban J connectivity index is 2.37. The van der Waals surface area contributed by atoms with Crippen molar-refractivity contribution in [3.63, 3.8) is 0 Å². The van der Waals surface area contributed by atoms with E-state index in [1.165, 1.54) is 11.1 Å². The Hall–Kier alpha value is -2.09. The fraction of sp³-hybridized carbons (Fsp3) is 0.133. The van der Waals surface area contributed by atoms with Crippen molar-refractivity contribution in [3.05, 3.63) is 70.8 Å². The van der Waals surface area contributed by atoms with E-state index in [1.807, 2.05) is 30.3 Å². The lowest BCUT2D eigenvalue weighted by molar-refractivity contribution is 0.0999. The molecule has 0 saturated heterocycles. The zero-order valence-corrected chi connectivity index (χ0v) is 9.81. The number of hydrogen-bond acceptors (Lipinski definition) is 1. The number of carbonyl (C=O) groups excluding carboxylic acids is 1. The van der Waals surface area contributed by atoms with Crippen LogP contribution < -0.4 is 5.73 Å². The van der Waals surface area contributed by atoms with E-state index in [0.29, 0.717) is 5.56 Å². The second-order valence-electron chi connectivity index (χ2n) is 4.12. The molecule has 17 heavy (non-hydrogen) atoms. The highest BCUT2D eigenvalue weighted by Crippen LogP contribution is 2.16. The molecule has 86 valence electrons. The number of benzene rings is 2. The lowest BCUT2D eigenvalue weighted by Crippen LogP contribution is -2.13. The summed E-state index contributed by atoms with van der Waals surface area (Å²) in [4.78, 5) is 11.3. The molecule has 2 aromatic carbocycles. The highest BCUT2D eigenvalue weighted by atomic mass is 16.1. The molecular formula is C15H15NO. The maximum atomic E-state index is 11.3. The third-order valence-electron chi connectivity index (χ3n) is 2.92. The third kappa shape index (κ3) is 2.53. The molecule has 0 atom stereocenters. The number of primary amides is 1. The van der Waals surface area contributed by atoms with Crippen molar-refractivity contribution in [2.24, 2.45) is 5.73 Å². The fourth-order valence-electron chi connectivity index (χ4n) is 1.93. The summed E-state index contributed by atoms with van der Waals surface area (Å²) >= 11 is 0. The highest BCUT2D eigenvalue weighted by Gasteiger charge is 2.08. The van der Waals surface area contributed by atoms with Crippen LogP contribution in [0.1, 0.15) is 27.0 Å². The van der Waals surface area contributed by atoms with Crippen LogP contribution in [0.5, 0.6) is 0 Å². The van der Waals surface area contributed by atoms with Gasteiger partial charge in [0.15, 0.2) is 0 Å². The van der Waals surface area contributed by atoms with Gasteiger partial charge in [0, 0.05) is 5.56 Å². The molecular weight excluding hydrogens is 210 g/mol. The Morgan fingerprint density at radius 2 is 1.59 bits per heavy atom. The Morgan fingerprint density at radius 3 is 2.24 bits per heavy atom. The smallest absolute Gasteiger partial charge is 0.248 e. The van der Waals surface area contributed by atoms with Gasteiger partial charge in [0.25, 0.3) is 0 Å². The first-order valence-electron chi connectivity index (χ1n) is 5.60. The van der Waals surface area contributed by atoms with Gasteiger partial charge < -0.3 is 5.73 Å². The van der Waals surface area contributed by atoms with E-state index in [2.05, 4.69) is 19.1 Å². The number of carbonyl (C=O) groups is 1. The molecule has 0 saturated carbocycles. The molecule has 0 aliphatic carbocycles. The van der Waals surface area contributed by atoms with Crippen LogP contribution in [0.3, 0.4) is 0 Å². The molecule has 2 nitrogen and oxygen atoms in total. The van der Waals surface area contributed by atoms with Gasteiger partial charge >= 0.3 is 0 Å². The van der Waals surface area contributed by atoms with E-state index in [1.54, 1.807) is 6.07 Å². The monoisotopic (exact) mass is 225 g/mol. The number of nitrogens with two attached hydrogens (primary N) is 1. The minimum atomic E-state index is -0.366. The molecule has 2 N–H and O–H groups in total. The second-order valence-corrected chi connectivity index (χ2v) is 4.12. The van der Waals surface area contributed by atoms with Gasteiger partial charge in [-0.25, -0.2) is 0 Å². The van der Waals surface area contributed by atoms with Crippen LogP contribution in [-0.2, 0) is 6.42 Å². The van der Waals surface area contributed by atoms with Crippen LogP contribution in [-0.4, -0.2) is 5.91 Å². The van der Waals surface area contributed by atoms with Crippen molar-refractivity contribution >= 4 is 5.91 Å². The van der Waals surface area contributed by atoms with E-state index in [4.69, 9.17) is 5.73 Å². The molecule has 2 heteroatoms. The van der Waals surface area contributed by atoms with Crippen molar-refractivity contribution in [1.82, 2.24) is 0 Å². The summed E-state index contributed by atoms with van der Waals surface area (Å²) < 4.78 is 0. The lowest BCUT2D eigenvalue weighted by atomic mass is 9.97. The highest BCUT2D eigenvalue weighted by molar-refractivity contribution is 5.94. The maximum absolute atomic E-state index is 11.3. The molecule has 0 radical (unpaired) electrons. The van der Waals surface area contributed by atoms with Crippen molar-refractivity contribution in [2.45, 2.75) is 13.3 Å². The average Bonchev–Trinajstić information content (AvgIpc) is 2.32. The van der Waals surface area contributed by atoms with Gasteiger partial charge in [0.2, 0.25) is 5.91 Å². The Bertz CT molecular complexity index is 546. The van der Waals surface area contributed by atoms with Gasteiger partial charge in [-0.15, -0.1) is 0 Å². The summed E-state index contributed by atoms with van der Waals surface area (Å²) in [6, 6.07) is 15.7. The molecule has 0 unspecified atom stereocenters. The lowest BCUT2D eigenvalue weighted by Gasteiger charge is -2.08. The minimum absolute atomic E-state index is 0.366. The van der Waals surface area contributed by atoms with Crippen molar-refractivity contribution in [2.75, 3.05) is 0 Å². The number of hydrogen-bond donors (Lipinski definition) is 1. The van der Waals surface area contributed by atoms with Gasteiger partial charge in [-0.2, -0.15) is 0 Å². The predicted molar refractivity (Wildman–Crippen MR) is 68.9 cm³/mol. The third-order valence-corrected chi connectivity index (χ3v) is 2.92. The van der Waals surface area contributed by atoms with Crippen LogP contribution >= 0.6 is 0 Å². The molecule has 0 spiro atoms. The Morgan fingerprint density at radius 1 is 1.00 bits per heavy atom. The van der Waals surface area contributed by atoms with Gasteiger partial charge in [0.05, 0.1) is 0 Å². The summed E-state index contributed by atoms with van der Waals surface area (Å²) in [5.74, 6) is -0.366. The summed E-state index contributed by atoms with van der Waals surface area (Å²) in [5.41, 5.74) is 9.41. The first kappa shape index (κ1) is 11.4. The number of amides is 1. The molecule has 0 aromatic heterocycles. The van der Waals surface area contributed by atoms with Crippen molar-refractivity contribution in [3.8, 4) is 0 Å². The van der Waals surface area contributed by atoms with Crippen LogP contribution in [0.4, 0.5) is 0 Å². The zero-order valence-electron chi connectivity index (χ0n) is 9.81. The van der Waals surface area contributed by atoms with E-state index in [-0.39, 0.29) is 5.91 Å². The first-order valence-corrected chi connectivity index (χ1v) is 5.60. The van der Waals surface area contributed by atoms with Crippen LogP contribution in [0.2, 0.25) is 0 Å². The zero-order chi connectivity index (χ0) is 12.3. The molecule has 2 aromatic rings. The number of rotatable bonds is 3. The Labute approximate surface area is 101 Å². The van der Waals surface area contributed by atoms with E-state index < -0.39 is 0 Å². The molecule has 0 aliphatic heterocycles. The van der Waals surface area contributed by atoms with Gasteiger partial charge in [-0.3, -0.25) is 4.79 Å². The molecule has 2 rings (SSSR count). The first-order chi connectivity index (χ1) is 8.18. The van der Waals surface area contributed by atoms with Crippen LogP contribution in [0, 0.1) is 6.92 Å². The maximum Gasteiger partial charge on any atom is 0.248 e. The predicted octanol–water partition coefficient (Wildman–Crippen LogP) is 2.68. The molecule has 0 heterocycles. The average molecular weight is 225 g/mol. The summed E-state index contributed by atoms with van der Waals surface area (Å²) in [6.07, 6.45) is 0.742. The van der Waals surface area contributed by atoms with Crippen molar-refractivity contribution < 1.29 is 4.79 Å². The minimum Gasteiger partial charge on any atom is -0.366 e. The van der Waals surface area contributed by atoms with Crippen molar-refractivity contribution in [1.29, 1.82) is 0 Å². The topological polar surface area (TPSA) is 43.1 Å². The quantitative estimate of drug-likeness (QED) is 0.857. The number of aryl methyl sites for hydroxylation is 1. The van der Waals surface area contributed by atoms with E-state index >= 15 is 0 Å². The summed E-state index contributed by atoms with van der Waals surface area (Å²) in [7, 11) is 0. The Kier molecular flexibility index (Phi) is 3.24. The molecule has 0 bridgehead atoms. The molecule has 1 amide bonds. The summed E-state index contributed by atoms with van der Waals surface area (Å²) in [6.45, 7) is 2.07. The standard InChI is InChI=1S/C15H15NO/c1-11-6-2-3-7-12(11)10-13-8-4-5-9-14(13)15(16)17/h2-9H,10H2,1H3,(H2,16,17). The SMILES string of the molecule is Cc1ccccc1Cc1ccccc1C(N)=O. The van der Waals surface area contributed by atoms with Crippen LogP contribution in [0.25, 0.3) is 0 Å². The van der Waals surface area contributed by atoms with Gasteiger partial charge in [0.1, 0.15) is 0 Å².